The van der Waals surface area contributed by atoms with Crippen molar-refractivity contribution < 1.29 is 9.59 Å². The number of aromatic nitrogens is 3. The minimum Gasteiger partial charge on any atom is -0.370 e. The highest BCUT2D eigenvalue weighted by Crippen LogP contribution is 2.28. The van der Waals surface area contributed by atoms with Crippen LogP contribution in [0.2, 0.25) is 0 Å². The number of rotatable bonds is 11. The van der Waals surface area contributed by atoms with Crippen LogP contribution in [0, 0.1) is 5.92 Å². The molecule has 0 spiro atoms. The highest BCUT2D eigenvalue weighted by atomic mass is 16.2. The van der Waals surface area contributed by atoms with Gasteiger partial charge in [-0.1, -0.05) is 62.4 Å². The molecule has 0 unspecified atom stereocenters. The van der Waals surface area contributed by atoms with E-state index in [1.54, 1.807) is 0 Å². The van der Waals surface area contributed by atoms with Gasteiger partial charge in [0, 0.05) is 44.7 Å². The number of carbonyl (C=O) groups excluding carboxylic acids is 2. The van der Waals surface area contributed by atoms with Crippen molar-refractivity contribution in [1.29, 1.82) is 0 Å². The van der Waals surface area contributed by atoms with Gasteiger partial charge in [-0.15, -0.1) is 0 Å². The molecule has 1 saturated heterocycles. The molecular weight excluding hydrogens is 490 g/mol. The first-order valence-electron chi connectivity index (χ1n) is 14.6. The molecule has 1 aromatic carbocycles. The van der Waals surface area contributed by atoms with Gasteiger partial charge in [0.15, 0.2) is 5.82 Å². The third-order valence-corrected chi connectivity index (χ3v) is 8.11. The fraction of sp³-hybridized carbons (Fsp3) is 0.533. The number of anilines is 1. The molecular formula is C30H41N7O2. The Morgan fingerprint density at radius 3 is 2.51 bits per heavy atom. The Hall–Kier alpha value is -3.46. The third kappa shape index (κ3) is 7.15. The van der Waals surface area contributed by atoms with Crippen molar-refractivity contribution in [3.63, 3.8) is 0 Å². The average Bonchev–Trinajstić information content (AvgIpc) is 3.41. The Morgan fingerprint density at radius 1 is 1.00 bits per heavy atom. The van der Waals surface area contributed by atoms with E-state index in [0.29, 0.717) is 42.4 Å². The molecule has 3 heterocycles. The van der Waals surface area contributed by atoms with Crippen molar-refractivity contribution in [1.82, 2.24) is 24.8 Å². The molecule has 0 radical (unpaired) electrons. The quantitative estimate of drug-likeness (QED) is 0.315. The van der Waals surface area contributed by atoms with Gasteiger partial charge in [0.1, 0.15) is 17.2 Å². The zero-order valence-electron chi connectivity index (χ0n) is 22.8. The summed E-state index contributed by atoms with van der Waals surface area (Å²) >= 11 is 0. The number of H-pyrrole nitrogens is 1. The van der Waals surface area contributed by atoms with Gasteiger partial charge in [0.2, 0.25) is 5.91 Å². The topological polar surface area (TPSA) is 120 Å². The van der Waals surface area contributed by atoms with Crippen LogP contribution in [0.15, 0.2) is 36.4 Å². The Bertz CT molecular complexity index is 1240. The zero-order chi connectivity index (χ0) is 27.0. The predicted octanol–water partition coefficient (Wildman–Crippen LogP) is 4.42. The summed E-state index contributed by atoms with van der Waals surface area (Å²) in [5.41, 5.74) is 7.32. The van der Waals surface area contributed by atoms with Crippen molar-refractivity contribution in [2.24, 2.45) is 11.7 Å². The van der Waals surface area contributed by atoms with E-state index in [9.17, 15) is 9.59 Å². The Balaban J connectivity index is 1.23. The summed E-state index contributed by atoms with van der Waals surface area (Å²) in [6, 6.07) is 11.6. The number of hydrogen-bond acceptors (Lipinski definition) is 6. The largest absolute Gasteiger partial charge is 0.370 e. The maximum absolute atomic E-state index is 13.5. The molecule has 2 aromatic heterocycles. The Labute approximate surface area is 230 Å². The lowest BCUT2D eigenvalue weighted by atomic mass is 9.86. The van der Waals surface area contributed by atoms with Crippen LogP contribution < -0.4 is 11.1 Å². The highest BCUT2D eigenvalue weighted by molar-refractivity contribution is 6.00. The zero-order valence-corrected chi connectivity index (χ0v) is 22.8. The third-order valence-electron chi connectivity index (χ3n) is 8.11. The molecule has 208 valence electrons. The summed E-state index contributed by atoms with van der Waals surface area (Å²) in [4.78, 5) is 41.8. The van der Waals surface area contributed by atoms with Crippen LogP contribution in [0.5, 0.6) is 0 Å². The fourth-order valence-corrected chi connectivity index (χ4v) is 5.87. The van der Waals surface area contributed by atoms with Gasteiger partial charge in [-0.3, -0.25) is 14.5 Å². The van der Waals surface area contributed by atoms with Gasteiger partial charge in [-0.25, -0.2) is 9.97 Å². The number of nitrogens with zero attached hydrogens (tertiary/aromatic N) is 4. The first-order chi connectivity index (χ1) is 19.1. The number of benzene rings is 1. The van der Waals surface area contributed by atoms with E-state index in [1.807, 2.05) is 41.3 Å². The second kappa shape index (κ2) is 13.1. The maximum Gasteiger partial charge on any atom is 0.270 e. The van der Waals surface area contributed by atoms with Crippen molar-refractivity contribution in [3.05, 3.63) is 42.1 Å². The van der Waals surface area contributed by atoms with Gasteiger partial charge >= 0.3 is 0 Å². The van der Waals surface area contributed by atoms with Gasteiger partial charge in [-0.2, -0.15) is 0 Å². The number of hydrogen-bond donors (Lipinski definition) is 3. The molecule has 39 heavy (non-hydrogen) atoms. The van der Waals surface area contributed by atoms with Gasteiger partial charge in [0.25, 0.3) is 5.91 Å². The summed E-state index contributed by atoms with van der Waals surface area (Å²) < 4.78 is 0. The molecule has 0 bridgehead atoms. The van der Waals surface area contributed by atoms with E-state index in [0.717, 1.165) is 49.6 Å². The Morgan fingerprint density at radius 2 is 1.77 bits per heavy atom. The predicted molar refractivity (Wildman–Crippen MR) is 154 cm³/mol. The number of piperazine rings is 1. The molecule has 2 aliphatic rings. The summed E-state index contributed by atoms with van der Waals surface area (Å²) in [7, 11) is 0. The Kier molecular flexibility index (Phi) is 9.08. The smallest absolute Gasteiger partial charge is 0.270 e. The second-order valence-electron chi connectivity index (χ2n) is 11.0. The van der Waals surface area contributed by atoms with E-state index >= 15 is 0 Å². The van der Waals surface area contributed by atoms with Crippen molar-refractivity contribution in [2.45, 2.75) is 57.8 Å². The molecule has 1 aliphatic carbocycles. The SMILES string of the molecule is NC(=O)CCCNc1nc(-c2ccccc2)nc2[nH]c(C(=O)N3CCN(CCCC4CCCCC4)CC3)cc12. The van der Waals surface area contributed by atoms with E-state index < -0.39 is 0 Å². The maximum atomic E-state index is 13.5. The van der Waals surface area contributed by atoms with Crippen LogP contribution in [0.1, 0.15) is 68.3 Å². The number of fused-ring (bicyclic) bond motifs is 1. The van der Waals surface area contributed by atoms with Crippen molar-refractivity contribution in [2.75, 3.05) is 44.6 Å². The van der Waals surface area contributed by atoms with E-state index in [1.165, 1.54) is 44.9 Å². The molecule has 1 saturated carbocycles. The number of nitrogens with one attached hydrogen (secondary N) is 2. The van der Waals surface area contributed by atoms with Gasteiger partial charge < -0.3 is 20.9 Å². The van der Waals surface area contributed by atoms with Crippen LogP contribution in [0.25, 0.3) is 22.4 Å². The summed E-state index contributed by atoms with van der Waals surface area (Å²) in [6.07, 6.45) is 10.6. The lowest BCUT2D eigenvalue weighted by Crippen LogP contribution is -2.48. The van der Waals surface area contributed by atoms with E-state index in [2.05, 4.69) is 15.2 Å². The number of carbonyl (C=O) groups is 2. The molecule has 2 fully saturated rings. The normalized spacial score (nSPS) is 17.0. The van der Waals surface area contributed by atoms with Crippen molar-refractivity contribution >= 4 is 28.7 Å². The molecule has 0 atom stereocenters. The van der Waals surface area contributed by atoms with Crippen LogP contribution in [0.3, 0.4) is 0 Å². The van der Waals surface area contributed by atoms with E-state index in [4.69, 9.17) is 15.7 Å². The average molecular weight is 532 g/mol. The summed E-state index contributed by atoms with van der Waals surface area (Å²) in [5.74, 6) is 1.81. The lowest BCUT2D eigenvalue weighted by molar-refractivity contribution is -0.118. The minimum atomic E-state index is -0.326. The monoisotopic (exact) mass is 531 g/mol. The number of nitrogens with two attached hydrogens (primary N) is 1. The molecule has 1 aliphatic heterocycles. The number of aromatic amines is 1. The molecule has 9 heteroatoms. The van der Waals surface area contributed by atoms with Crippen LogP contribution in [-0.4, -0.2) is 75.8 Å². The van der Waals surface area contributed by atoms with Crippen LogP contribution >= 0.6 is 0 Å². The second-order valence-corrected chi connectivity index (χ2v) is 11.0. The summed E-state index contributed by atoms with van der Waals surface area (Å²) in [6.45, 7) is 4.98. The molecule has 9 nitrogen and oxygen atoms in total. The number of primary amides is 1. The van der Waals surface area contributed by atoms with E-state index in [-0.39, 0.29) is 11.8 Å². The van der Waals surface area contributed by atoms with Crippen molar-refractivity contribution in [3.8, 4) is 11.4 Å². The number of amides is 2. The standard InChI is InChI=1S/C30H41N7O2/c31-26(38)14-7-15-32-28-24-21-25(33-29(24)35-27(34-28)23-12-5-2-6-13-23)30(39)37-19-17-36(18-20-37)16-8-11-22-9-3-1-4-10-22/h2,5-6,12-13,21-22H,1,3-4,7-11,14-20H2,(H2,31,38)(H2,32,33,34,35). The van der Waals surface area contributed by atoms with Crippen LogP contribution in [0.4, 0.5) is 5.82 Å². The lowest BCUT2D eigenvalue weighted by Gasteiger charge is -2.34. The van der Waals surface area contributed by atoms with Gasteiger partial charge in [-0.05, 0) is 37.8 Å². The molecule has 4 N–H and O–H groups in total. The first-order valence-corrected chi connectivity index (χ1v) is 14.6. The molecule has 5 rings (SSSR count). The van der Waals surface area contributed by atoms with Gasteiger partial charge in [0.05, 0.1) is 5.39 Å². The first kappa shape index (κ1) is 27.1. The molecule has 3 aromatic rings. The highest BCUT2D eigenvalue weighted by Gasteiger charge is 2.25. The fourth-order valence-electron chi connectivity index (χ4n) is 5.87. The molecule has 2 amide bonds. The minimum absolute atomic E-state index is 0.00389. The van der Waals surface area contributed by atoms with Crippen LogP contribution in [-0.2, 0) is 4.79 Å². The summed E-state index contributed by atoms with van der Waals surface area (Å²) in [5, 5.41) is 4.09.